The van der Waals surface area contributed by atoms with E-state index in [-0.39, 0.29) is 11.0 Å². The van der Waals surface area contributed by atoms with Gasteiger partial charge in [0.25, 0.3) is 5.56 Å². The van der Waals surface area contributed by atoms with E-state index in [2.05, 4.69) is 40.7 Å². The highest BCUT2D eigenvalue weighted by Gasteiger charge is 2.31. The van der Waals surface area contributed by atoms with E-state index in [4.69, 9.17) is 0 Å². The van der Waals surface area contributed by atoms with Gasteiger partial charge in [-0.3, -0.25) is 9.78 Å². The molecule has 0 unspecified atom stereocenters. The highest BCUT2D eigenvalue weighted by molar-refractivity contribution is 5.46. The second kappa shape index (κ2) is 7.06. The van der Waals surface area contributed by atoms with Crippen molar-refractivity contribution in [2.75, 3.05) is 18.0 Å². The van der Waals surface area contributed by atoms with Crippen molar-refractivity contribution in [2.24, 2.45) is 5.92 Å². The van der Waals surface area contributed by atoms with Crippen molar-refractivity contribution in [2.45, 2.75) is 64.3 Å². The molecule has 2 aliphatic rings. The molecule has 0 spiro atoms. The molecular formula is C21H29N5O. The Morgan fingerprint density at radius 3 is 2.41 bits per heavy atom. The monoisotopic (exact) mass is 367 g/mol. The number of piperidine rings is 1. The van der Waals surface area contributed by atoms with Crippen LogP contribution in [0.1, 0.15) is 63.8 Å². The maximum atomic E-state index is 12.3. The lowest BCUT2D eigenvalue weighted by Gasteiger charge is -2.33. The Morgan fingerprint density at radius 1 is 1.04 bits per heavy atom. The second-order valence-corrected chi connectivity index (χ2v) is 8.96. The van der Waals surface area contributed by atoms with Gasteiger partial charge in [0.15, 0.2) is 5.82 Å². The van der Waals surface area contributed by atoms with E-state index in [0.29, 0.717) is 18.4 Å². The van der Waals surface area contributed by atoms with Gasteiger partial charge in [-0.1, -0.05) is 20.8 Å². The second-order valence-electron chi connectivity index (χ2n) is 8.96. The quantitative estimate of drug-likeness (QED) is 0.831. The smallest absolute Gasteiger partial charge is 0.266 e. The summed E-state index contributed by atoms with van der Waals surface area (Å²) in [6, 6.07) is 3.51. The van der Waals surface area contributed by atoms with Gasteiger partial charge in [0.05, 0.1) is 11.4 Å². The van der Waals surface area contributed by atoms with Crippen LogP contribution in [-0.2, 0) is 12.0 Å². The molecule has 2 aromatic heterocycles. The predicted octanol–water partition coefficient (Wildman–Crippen LogP) is 3.12. The molecule has 0 radical (unpaired) electrons. The lowest BCUT2D eigenvalue weighted by atomic mass is 9.92. The molecule has 6 nitrogen and oxygen atoms in total. The van der Waals surface area contributed by atoms with E-state index in [1.54, 1.807) is 16.9 Å². The van der Waals surface area contributed by atoms with Crippen LogP contribution >= 0.6 is 0 Å². The molecule has 0 atom stereocenters. The zero-order valence-electron chi connectivity index (χ0n) is 16.6. The standard InChI is InChI=1S/C21H29N5O/c1-21(2,3)17-6-7-18(27)26(24-17)14-15-8-12-25(13-9-15)20-19(16-4-5-16)22-10-11-23-20/h6-7,10-11,15-16H,4-5,8-9,12-14H2,1-3H3. The fourth-order valence-electron chi connectivity index (χ4n) is 3.78. The SMILES string of the molecule is CC(C)(C)c1ccc(=O)n(CC2CCN(c3nccnc3C3CC3)CC2)n1. The minimum Gasteiger partial charge on any atom is -0.355 e. The van der Waals surface area contributed by atoms with E-state index >= 15 is 0 Å². The number of hydrogen-bond acceptors (Lipinski definition) is 5. The molecule has 1 aliphatic heterocycles. The Bertz CT molecular complexity index is 857. The van der Waals surface area contributed by atoms with Crippen LogP contribution in [0.4, 0.5) is 5.82 Å². The van der Waals surface area contributed by atoms with Crippen molar-refractivity contribution in [3.05, 3.63) is 46.3 Å². The molecule has 1 saturated heterocycles. The van der Waals surface area contributed by atoms with Crippen molar-refractivity contribution >= 4 is 5.82 Å². The molecule has 0 bridgehead atoms. The Balaban J connectivity index is 1.43. The molecule has 1 saturated carbocycles. The minimum atomic E-state index is -0.0516. The van der Waals surface area contributed by atoms with Crippen LogP contribution in [0.15, 0.2) is 29.3 Å². The van der Waals surface area contributed by atoms with Gasteiger partial charge in [-0.2, -0.15) is 5.10 Å². The average molecular weight is 367 g/mol. The molecule has 6 heteroatoms. The molecule has 4 rings (SSSR count). The fraction of sp³-hybridized carbons (Fsp3) is 0.619. The van der Waals surface area contributed by atoms with Gasteiger partial charge in [0.1, 0.15) is 0 Å². The summed E-state index contributed by atoms with van der Waals surface area (Å²) >= 11 is 0. The largest absolute Gasteiger partial charge is 0.355 e. The van der Waals surface area contributed by atoms with Crippen LogP contribution in [0.5, 0.6) is 0 Å². The number of anilines is 1. The maximum Gasteiger partial charge on any atom is 0.266 e. The van der Waals surface area contributed by atoms with E-state index in [0.717, 1.165) is 37.4 Å². The summed E-state index contributed by atoms with van der Waals surface area (Å²) in [4.78, 5) is 23.8. The third-order valence-corrected chi connectivity index (χ3v) is 5.65. The predicted molar refractivity (Wildman–Crippen MR) is 106 cm³/mol. The first kappa shape index (κ1) is 18.1. The fourth-order valence-corrected chi connectivity index (χ4v) is 3.78. The number of hydrogen-bond donors (Lipinski definition) is 0. The topological polar surface area (TPSA) is 63.9 Å². The van der Waals surface area contributed by atoms with Crippen LogP contribution in [-0.4, -0.2) is 32.8 Å². The first-order valence-corrected chi connectivity index (χ1v) is 10.1. The van der Waals surface area contributed by atoms with E-state index in [9.17, 15) is 4.79 Å². The number of nitrogens with zero attached hydrogens (tertiary/aromatic N) is 5. The van der Waals surface area contributed by atoms with Crippen molar-refractivity contribution in [1.29, 1.82) is 0 Å². The van der Waals surface area contributed by atoms with Crippen LogP contribution in [0.25, 0.3) is 0 Å². The summed E-state index contributed by atoms with van der Waals surface area (Å²) in [6.45, 7) is 9.02. The Labute approximate surface area is 160 Å². The normalized spacial score (nSPS) is 18.7. The molecule has 27 heavy (non-hydrogen) atoms. The van der Waals surface area contributed by atoms with Crippen molar-refractivity contribution in [1.82, 2.24) is 19.7 Å². The lowest BCUT2D eigenvalue weighted by molar-refractivity contribution is 0.329. The van der Waals surface area contributed by atoms with Gasteiger partial charge in [-0.25, -0.2) is 9.67 Å². The van der Waals surface area contributed by atoms with Crippen LogP contribution < -0.4 is 10.5 Å². The highest BCUT2D eigenvalue weighted by atomic mass is 16.1. The summed E-state index contributed by atoms with van der Waals surface area (Å²) in [5, 5.41) is 4.63. The van der Waals surface area contributed by atoms with Crippen molar-refractivity contribution in [3.8, 4) is 0 Å². The molecule has 3 heterocycles. The number of rotatable bonds is 4. The highest BCUT2D eigenvalue weighted by Crippen LogP contribution is 2.42. The summed E-state index contributed by atoms with van der Waals surface area (Å²) in [7, 11) is 0. The van der Waals surface area contributed by atoms with Crippen LogP contribution in [0, 0.1) is 5.92 Å². The molecule has 2 fully saturated rings. The van der Waals surface area contributed by atoms with E-state index < -0.39 is 0 Å². The molecule has 0 amide bonds. The first-order chi connectivity index (χ1) is 12.9. The van der Waals surface area contributed by atoms with Crippen LogP contribution in [0.2, 0.25) is 0 Å². The first-order valence-electron chi connectivity index (χ1n) is 10.1. The molecule has 2 aromatic rings. The summed E-state index contributed by atoms with van der Waals surface area (Å²) in [6.07, 6.45) is 8.18. The third kappa shape index (κ3) is 4.04. The van der Waals surface area contributed by atoms with Crippen molar-refractivity contribution in [3.63, 3.8) is 0 Å². The summed E-state index contributed by atoms with van der Waals surface area (Å²) in [5.74, 6) is 2.15. The lowest BCUT2D eigenvalue weighted by Crippen LogP contribution is -2.38. The van der Waals surface area contributed by atoms with Crippen molar-refractivity contribution < 1.29 is 0 Å². The van der Waals surface area contributed by atoms with E-state index in [1.807, 2.05) is 12.3 Å². The molecule has 0 N–H and O–H groups in total. The Hall–Kier alpha value is -2.24. The van der Waals surface area contributed by atoms with Gasteiger partial charge in [-0.15, -0.1) is 0 Å². The summed E-state index contributed by atoms with van der Waals surface area (Å²) < 4.78 is 1.67. The molecular weight excluding hydrogens is 338 g/mol. The minimum absolute atomic E-state index is 0.00428. The van der Waals surface area contributed by atoms with Gasteiger partial charge in [-0.05, 0) is 37.7 Å². The summed E-state index contributed by atoms with van der Waals surface area (Å²) in [5.41, 5.74) is 2.08. The third-order valence-electron chi connectivity index (χ3n) is 5.65. The van der Waals surface area contributed by atoms with Gasteiger partial charge >= 0.3 is 0 Å². The van der Waals surface area contributed by atoms with Gasteiger partial charge in [0, 0.05) is 49.4 Å². The number of aromatic nitrogens is 4. The molecule has 144 valence electrons. The van der Waals surface area contributed by atoms with Gasteiger partial charge < -0.3 is 4.90 Å². The zero-order valence-corrected chi connectivity index (χ0v) is 16.6. The molecule has 1 aliphatic carbocycles. The van der Waals surface area contributed by atoms with E-state index in [1.165, 1.54) is 18.5 Å². The van der Waals surface area contributed by atoms with Crippen LogP contribution in [0.3, 0.4) is 0 Å². The molecule has 0 aromatic carbocycles. The Morgan fingerprint density at radius 2 is 1.74 bits per heavy atom. The van der Waals surface area contributed by atoms with Gasteiger partial charge in [0.2, 0.25) is 0 Å². The maximum absolute atomic E-state index is 12.3. The zero-order chi connectivity index (χ0) is 19.0. The Kier molecular flexibility index (Phi) is 4.74. The average Bonchev–Trinajstić information content (AvgIpc) is 3.48.